The Morgan fingerprint density at radius 2 is 2.12 bits per heavy atom. The first-order valence-electron chi connectivity index (χ1n) is 4.79. The van der Waals surface area contributed by atoms with Gasteiger partial charge >= 0.3 is 0 Å². The van der Waals surface area contributed by atoms with Crippen molar-refractivity contribution in [3.05, 3.63) is 33.8 Å². The molecule has 1 aromatic rings. The Morgan fingerprint density at radius 3 is 2.69 bits per heavy atom. The van der Waals surface area contributed by atoms with Crippen LogP contribution >= 0.6 is 23.2 Å². The number of halogens is 2. The third-order valence-electron chi connectivity index (χ3n) is 1.98. The van der Waals surface area contributed by atoms with Gasteiger partial charge in [-0.15, -0.1) is 0 Å². The van der Waals surface area contributed by atoms with E-state index in [-0.39, 0.29) is 11.9 Å². The molecule has 16 heavy (non-hydrogen) atoms. The van der Waals surface area contributed by atoms with Crippen LogP contribution in [-0.2, 0) is 4.74 Å². The molecule has 0 unspecified atom stereocenters. The van der Waals surface area contributed by atoms with Crippen molar-refractivity contribution in [1.82, 2.24) is 5.32 Å². The van der Waals surface area contributed by atoms with Gasteiger partial charge in [-0.2, -0.15) is 0 Å². The van der Waals surface area contributed by atoms with E-state index in [2.05, 4.69) is 5.32 Å². The molecule has 3 nitrogen and oxygen atoms in total. The number of ether oxygens (including phenoxy) is 1. The average Bonchev–Trinajstić information content (AvgIpc) is 2.22. The summed E-state index contributed by atoms with van der Waals surface area (Å²) in [6.07, 6.45) is 0. The summed E-state index contributed by atoms with van der Waals surface area (Å²) in [6, 6.07) is 4.72. The van der Waals surface area contributed by atoms with Crippen molar-refractivity contribution < 1.29 is 9.53 Å². The number of carbonyl (C=O) groups is 1. The third kappa shape index (κ3) is 3.67. The predicted octanol–water partition coefficient (Wildman–Crippen LogP) is 2.76. The molecule has 0 heterocycles. The molecule has 1 aromatic carbocycles. The molecule has 88 valence electrons. The number of benzene rings is 1. The Balaban J connectivity index is 2.69. The van der Waals surface area contributed by atoms with Crippen molar-refractivity contribution in [2.24, 2.45) is 0 Å². The smallest absolute Gasteiger partial charge is 0.251 e. The van der Waals surface area contributed by atoms with Gasteiger partial charge < -0.3 is 10.1 Å². The van der Waals surface area contributed by atoms with E-state index in [1.807, 2.05) is 6.92 Å². The molecule has 0 aliphatic carbocycles. The molecule has 1 atom stereocenters. The highest BCUT2D eigenvalue weighted by molar-refractivity contribution is 6.42. The van der Waals surface area contributed by atoms with Crippen molar-refractivity contribution in [2.45, 2.75) is 13.0 Å². The van der Waals surface area contributed by atoms with Gasteiger partial charge in [-0.05, 0) is 25.1 Å². The highest BCUT2D eigenvalue weighted by Crippen LogP contribution is 2.22. The molecule has 0 aliphatic heterocycles. The van der Waals surface area contributed by atoms with Crippen molar-refractivity contribution in [3.63, 3.8) is 0 Å². The highest BCUT2D eigenvalue weighted by atomic mass is 35.5. The van der Waals surface area contributed by atoms with Crippen LogP contribution in [0.5, 0.6) is 0 Å². The number of nitrogens with one attached hydrogen (secondary N) is 1. The average molecular weight is 262 g/mol. The maximum atomic E-state index is 11.7. The van der Waals surface area contributed by atoms with Gasteiger partial charge in [0, 0.05) is 18.7 Å². The Kier molecular flexibility index (Phi) is 5.06. The lowest BCUT2D eigenvalue weighted by Crippen LogP contribution is -2.35. The normalized spacial score (nSPS) is 12.2. The van der Waals surface area contributed by atoms with Crippen molar-refractivity contribution in [1.29, 1.82) is 0 Å². The first-order valence-corrected chi connectivity index (χ1v) is 5.55. The molecule has 0 saturated carbocycles. The van der Waals surface area contributed by atoms with Gasteiger partial charge in [-0.3, -0.25) is 4.79 Å². The molecule has 0 radical (unpaired) electrons. The summed E-state index contributed by atoms with van der Waals surface area (Å²) < 4.78 is 4.92. The van der Waals surface area contributed by atoms with Crippen LogP contribution in [0.4, 0.5) is 0 Å². The van der Waals surface area contributed by atoms with Gasteiger partial charge in [0.15, 0.2) is 0 Å². The molecule has 0 saturated heterocycles. The van der Waals surface area contributed by atoms with Gasteiger partial charge in [0.1, 0.15) is 0 Å². The lowest BCUT2D eigenvalue weighted by Gasteiger charge is -2.12. The van der Waals surface area contributed by atoms with E-state index in [0.717, 1.165) is 0 Å². The van der Waals surface area contributed by atoms with E-state index in [9.17, 15) is 4.79 Å². The summed E-state index contributed by atoms with van der Waals surface area (Å²) in [6.45, 7) is 2.33. The second kappa shape index (κ2) is 6.09. The van der Waals surface area contributed by atoms with E-state index >= 15 is 0 Å². The van der Waals surface area contributed by atoms with E-state index in [1.165, 1.54) is 0 Å². The summed E-state index contributed by atoms with van der Waals surface area (Å²) in [7, 11) is 1.59. The minimum Gasteiger partial charge on any atom is -0.383 e. The maximum Gasteiger partial charge on any atom is 0.251 e. The molecular weight excluding hydrogens is 249 g/mol. The first-order chi connectivity index (χ1) is 7.54. The van der Waals surface area contributed by atoms with E-state index < -0.39 is 0 Å². The van der Waals surface area contributed by atoms with Crippen LogP contribution < -0.4 is 5.32 Å². The summed E-state index contributed by atoms with van der Waals surface area (Å²) in [5.41, 5.74) is 0.484. The Labute approximate surface area is 105 Å². The fourth-order valence-electron chi connectivity index (χ4n) is 1.24. The van der Waals surface area contributed by atoms with Crippen LogP contribution in [-0.4, -0.2) is 25.7 Å². The molecule has 0 aromatic heterocycles. The fraction of sp³-hybridized carbons (Fsp3) is 0.364. The fourth-order valence-corrected chi connectivity index (χ4v) is 1.53. The van der Waals surface area contributed by atoms with Gasteiger partial charge in [0.05, 0.1) is 16.7 Å². The summed E-state index contributed by atoms with van der Waals surface area (Å²) >= 11 is 11.6. The lowest BCUT2D eigenvalue weighted by atomic mass is 10.2. The number of hydrogen-bond acceptors (Lipinski definition) is 2. The third-order valence-corrected chi connectivity index (χ3v) is 2.71. The molecule has 0 spiro atoms. The van der Waals surface area contributed by atoms with E-state index in [1.54, 1.807) is 25.3 Å². The lowest BCUT2D eigenvalue weighted by molar-refractivity contribution is 0.0905. The predicted molar refractivity (Wildman–Crippen MR) is 65.3 cm³/mol. The number of rotatable bonds is 4. The molecule has 1 N–H and O–H groups in total. The van der Waals surface area contributed by atoms with Gasteiger partial charge in [0.25, 0.3) is 5.91 Å². The van der Waals surface area contributed by atoms with Crippen LogP contribution in [0, 0.1) is 0 Å². The number of amides is 1. The van der Waals surface area contributed by atoms with Crippen LogP contribution in [0.15, 0.2) is 18.2 Å². The van der Waals surface area contributed by atoms with Crippen LogP contribution in [0.1, 0.15) is 17.3 Å². The summed E-state index contributed by atoms with van der Waals surface area (Å²) in [5, 5.41) is 3.58. The molecular formula is C11H13Cl2NO2. The van der Waals surface area contributed by atoms with E-state index in [4.69, 9.17) is 27.9 Å². The molecule has 0 bridgehead atoms. The zero-order valence-electron chi connectivity index (χ0n) is 9.09. The molecule has 1 rings (SSSR count). The Hall–Kier alpha value is -0.770. The standard InChI is InChI=1S/C11H13Cl2NO2/c1-7(6-16-2)14-11(15)8-3-4-9(12)10(13)5-8/h3-5,7H,6H2,1-2H3,(H,14,15)/t7-/m1/s1. The van der Waals surface area contributed by atoms with Gasteiger partial charge in [0.2, 0.25) is 0 Å². The zero-order valence-corrected chi connectivity index (χ0v) is 10.6. The second-order valence-corrected chi connectivity index (χ2v) is 4.27. The quantitative estimate of drug-likeness (QED) is 0.906. The van der Waals surface area contributed by atoms with Crippen LogP contribution in [0.25, 0.3) is 0 Å². The second-order valence-electron chi connectivity index (χ2n) is 3.46. The monoisotopic (exact) mass is 261 g/mol. The SMILES string of the molecule is COC[C@@H](C)NC(=O)c1ccc(Cl)c(Cl)c1. The van der Waals surface area contributed by atoms with Crippen molar-refractivity contribution in [3.8, 4) is 0 Å². The largest absolute Gasteiger partial charge is 0.383 e. The maximum absolute atomic E-state index is 11.7. The van der Waals surface area contributed by atoms with Crippen molar-refractivity contribution >= 4 is 29.1 Å². The van der Waals surface area contributed by atoms with Gasteiger partial charge in [-0.25, -0.2) is 0 Å². The number of methoxy groups -OCH3 is 1. The topological polar surface area (TPSA) is 38.3 Å². The molecule has 5 heteroatoms. The van der Waals surface area contributed by atoms with Gasteiger partial charge in [-0.1, -0.05) is 23.2 Å². The first kappa shape index (κ1) is 13.3. The summed E-state index contributed by atoms with van der Waals surface area (Å²) in [4.78, 5) is 11.7. The summed E-state index contributed by atoms with van der Waals surface area (Å²) in [5.74, 6) is -0.192. The van der Waals surface area contributed by atoms with Crippen LogP contribution in [0.3, 0.4) is 0 Å². The van der Waals surface area contributed by atoms with Crippen molar-refractivity contribution in [2.75, 3.05) is 13.7 Å². The molecule has 1 amide bonds. The Morgan fingerprint density at radius 1 is 1.44 bits per heavy atom. The number of carbonyl (C=O) groups excluding carboxylic acids is 1. The number of hydrogen-bond donors (Lipinski definition) is 1. The minimum atomic E-state index is -0.192. The highest BCUT2D eigenvalue weighted by Gasteiger charge is 2.10. The van der Waals surface area contributed by atoms with E-state index in [0.29, 0.717) is 22.2 Å². The zero-order chi connectivity index (χ0) is 12.1. The minimum absolute atomic E-state index is 0.0491. The molecule has 0 aliphatic rings. The van der Waals surface area contributed by atoms with Crippen LogP contribution in [0.2, 0.25) is 10.0 Å². The Bertz CT molecular complexity index is 382. The molecule has 0 fully saturated rings.